The van der Waals surface area contributed by atoms with Crippen molar-refractivity contribution in [1.82, 2.24) is 0 Å². The minimum absolute atomic E-state index is 0.530. The molecule has 4 heteroatoms. The molecule has 0 heterocycles. The first kappa shape index (κ1) is 13.1. The highest BCUT2D eigenvalue weighted by molar-refractivity contribution is 5.82. The third kappa shape index (κ3) is 6.62. The Morgan fingerprint density at radius 2 is 1.86 bits per heavy atom. The zero-order chi connectivity index (χ0) is 11.4. The van der Waals surface area contributed by atoms with Gasteiger partial charge in [-0.05, 0) is 33.8 Å². The highest BCUT2D eigenvalue weighted by Gasteiger charge is 2.14. The molecule has 2 atom stereocenters. The van der Waals surface area contributed by atoms with Crippen LogP contribution in [0.1, 0.15) is 27.7 Å². The van der Waals surface area contributed by atoms with Crippen LogP contribution in [-0.2, 0) is 9.53 Å². The van der Waals surface area contributed by atoms with Gasteiger partial charge in [-0.3, -0.25) is 0 Å². The Morgan fingerprint density at radius 1 is 1.36 bits per heavy atom. The molecular formula is C10H18O4. The first-order valence-corrected chi connectivity index (χ1v) is 4.49. The molecule has 0 radical (unpaired) electrons. The standard InChI is InChI=1S/C10H18O4/c1-7(11)8(12)5-6-9(13)14-10(2,3)4/h5-8,11-12H,1-4H3/b6-5+/t7-,8-/m0/s1. The van der Waals surface area contributed by atoms with Gasteiger partial charge in [-0.1, -0.05) is 0 Å². The molecule has 0 aromatic rings. The second-order valence-electron chi connectivity index (χ2n) is 4.12. The van der Waals surface area contributed by atoms with Crippen molar-refractivity contribution in [2.24, 2.45) is 0 Å². The van der Waals surface area contributed by atoms with Crippen LogP contribution in [-0.4, -0.2) is 34.0 Å². The van der Waals surface area contributed by atoms with E-state index in [9.17, 15) is 4.79 Å². The molecular weight excluding hydrogens is 184 g/mol. The third-order valence-electron chi connectivity index (χ3n) is 1.33. The van der Waals surface area contributed by atoms with Gasteiger partial charge < -0.3 is 14.9 Å². The van der Waals surface area contributed by atoms with Crippen molar-refractivity contribution in [2.75, 3.05) is 0 Å². The molecule has 0 unspecified atom stereocenters. The van der Waals surface area contributed by atoms with Crippen molar-refractivity contribution in [3.05, 3.63) is 12.2 Å². The molecule has 0 aliphatic rings. The van der Waals surface area contributed by atoms with Crippen molar-refractivity contribution >= 4 is 5.97 Å². The van der Waals surface area contributed by atoms with Crippen LogP contribution < -0.4 is 0 Å². The Balaban J connectivity index is 4.07. The maximum Gasteiger partial charge on any atom is 0.331 e. The summed E-state index contributed by atoms with van der Waals surface area (Å²) in [5, 5.41) is 18.0. The lowest BCUT2D eigenvalue weighted by Gasteiger charge is -2.18. The van der Waals surface area contributed by atoms with Gasteiger partial charge in [0.15, 0.2) is 0 Å². The van der Waals surface area contributed by atoms with E-state index < -0.39 is 23.8 Å². The summed E-state index contributed by atoms with van der Waals surface area (Å²) in [6, 6.07) is 0. The monoisotopic (exact) mass is 202 g/mol. The van der Waals surface area contributed by atoms with E-state index in [1.165, 1.54) is 13.0 Å². The quantitative estimate of drug-likeness (QED) is 0.520. The van der Waals surface area contributed by atoms with Crippen LogP contribution in [0.3, 0.4) is 0 Å². The summed E-state index contributed by atoms with van der Waals surface area (Å²) in [4.78, 5) is 11.1. The Morgan fingerprint density at radius 3 is 2.21 bits per heavy atom. The number of rotatable bonds is 3. The van der Waals surface area contributed by atoms with Gasteiger partial charge in [0.1, 0.15) is 5.60 Å². The van der Waals surface area contributed by atoms with E-state index >= 15 is 0 Å². The Labute approximate surface area is 84.2 Å². The van der Waals surface area contributed by atoms with E-state index in [1.54, 1.807) is 20.8 Å². The molecule has 0 saturated heterocycles. The number of aliphatic hydroxyl groups excluding tert-OH is 2. The number of aliphatic hydroxyl groups is 2. The summed E-state index contributed by atoms with van der Waals surface area (Å²) < 4.78 is 4.95. The lowest BCUT2D eigenvalue weighted by Crippen LogP contribution is -2.24. The van der Waals surface area contributed by atoms with Crippen LogP contribution in [0.5, 0.6) is 0 Å². The molecule has 0 rings (SSSR count). The molecule has 2 N–H and O–H groups in total. The number of carbonyl (C=O) groups is 1. The number of esters is 1. The molecule has 4 nitrogen and oxygen atoms in total. The molecule has 82 valence electrons. The minimum Gasteiger partial charge on any atom is -0.457 e. The largest absolute Gasteiger partial charge is 0.457 e. The average molecular weight is 202 g/mol. The molecule has 0 spiro atoms. The van der Waals surface area contributed by atoms with Crippen molar-refractivity contribution < 1.29 is 19.7 Å². The van der Waals surface area contributed by atoms with Gasteiger partial charge in [-0.2, -0.15) is 0 Å². The van der Waals surface area contributed by atoms with E-state index in [-0.39, 0.29) is 0 Å². The Bertz CT molecular complexity index is 213. The van der Waals surface area contributed by atoms with Crippen LogP contribution in [0.25, 0.3) is 0 Å². The predicted octanol–water partition coefficient (Wildman–Crippen LogP) is 0.626. The highest BCUT2D eigenvalue weighted by atomic mass is 16.6. The van der Waals surface area contributed by atoms with E-state index in [0.29, 0.717) is 0 Å². The molecule has 0 fully saturated rings. The fourth-order valence-electron chi connectivity index (χ4n) is 0.674. The molecule has 0 saturated carbocycles. The second kappa shape index (κ2) is 5.12. The maximum atomic E-state index is 11.1. The molecule has 0 bridgehead atoms. The predicted molar refractivity (Wildman–Crippen MR) is 52.7 cm³/mol. The number of carbonyl (C=O) groups excluding carboxylic acids is 1. The molecule has 0 aliphatic heterocycles. The Kier molecular flexibility index (Phi) is 4.80. The summed E-state index contributed by atoms with van der Waals surface area (Å²) >= 11 is 0. The van der Waals surface area contributed by atoms with Gasteiger partial charge in [0.05, 0.1) is 12.2 Å². The molecule has 0 amide bonds. The fourth-order valence-corrected chi connectivity index (χ4v) is 0.674. The molecule has 0 aromatic heterocycles. The lowest BCUT2D eigenvalue weighted by atomic mass is 10.2. The summed E-state index contributed by atoms with van der Waals surface area (Å²) in [5.41, 5.74) is -0.544. The summed E-state index contributed by atoms with van der Waals surface area (Å²) in [6.45, 7) is 6.70. The van der Waals surface area contributed by atoms with Crippen LogP contribution in [0.2, 0.25) is 0 Å². The van der Waals surface area contributed by atoms with Gasteiger partial charge in [0.25, 0.3) is 0 Å². The van der Waals surface area contributed by atoms with Crippen LogP contribution in [0.4, 0.5) is 0 Å². The van der Waals surface area contributed by atoms with E-state index in [1.807, 2.05) is 0 Å². The van der Waals surface area contributed by atoms with E-state index in [4.69, 9.17) is 14.9 Å². The fraction of sp³-hybridized carbons (Fsp3) is 0.700. The summed E-state index contributed by atoms with van der Waals surface area (Å²) in [7, 11) is 0. The summed E-state index contributed by atoms with van der Waals surface area (Å²) in [6.07, 6.45) is 0.387. The first-order chi connectivity index (χ1) is 6.22. The van der Waals surface area contributed by atoms with Gasteiger partial charge in [0, 0.05) is 6.08 Å². The first-order valence-electron chi connectivity index (χ1n) is 4.49. The molecule has 14 heavy (non-hydrogen) atoms. The van der Waals surface area contributed by atoms with E-state index in [2.05, 4.69) is 0 Å². The van der Waals surface area contributed by atoms with Gasteiger partial charge in [-0.15, -0.1) is 0 Å². The average Bonchev–Trinajstić information content (AvgIpc) is 1.96. The van der Waals surface area contributed by atoms with Gasteiger partial charge in [0.2, 0.25) is 0 Å². The third-order valence-corrected chi connectivity index (χ3v) is 1.33. The zero-order valence-electron chi connectivity index (χ0n) is 9.02. The van der Waals surface area contributed by atoms with Crippen molar-refractivity contribution in [2.45, 2.75) is 45.5 Å². The van der Waals surface area contributed by atoms with Gasteiger partial charge in [-0.25, -0.2) is 4.79 Å². The highest BCUT2D eigenvalue weighted by Crippen LogP contribution is 2.07. The summed E-state index contributed by atoms with van der Waals surface area (Å²) in [5.74, 6) is -0.530. The smallest absolute Gasteiger partial charge is 0.331 e. The minimum atomic E-state index is -1.04. The number of ether oxygens (including phenoxy) is 1. The maximum absolute atomic E-state index is 11.1. The van der Waals surface area contributed by atoms with Crippen molar-refractivity contribution in [3.63, 3.8) is 0 Å². The van der Waals surface area contributed by atoms with Crippen molar-refractivity contribution in [1.29, 1.82) is 0 Å². The van der Waals surface area contributed by atoms with Crippen molar-refractivity contribution in [3.8, 4) is 0 Å². The SMILES string of the molecule is C[C@H](O)[C@@H](O)/C=C/C(=O)OC(C)(C)C. The topological polar surface area (TPSA) is 66.8 Å². The normalized spacial score (nSPS) is 16.7. The van der Waals surface area contributed by atoms with Crippen LogP contribution >= 0.6 is 0 Å². The van der Waals surface area contributed by atoms with Crippen LogP contribution in [0, 0.1) is 0 Å². The number of hydrogen-bond acceptors (Lipinski definition) is 4. The molecule has 0 aromatic carbocycles. The zero-order valence-corrected chi connectivity index (χ0v) is 9.02. The molecule has 0 aliphatic carbocycles. The van der Waals surface area contributed by atoms with Crippen LogP contribution in [0.15, 0.2) is 12.2 Å². The number of hydrogen-bond donors (Lipinski definition) is 2. The second-order valence-corrected chi connectivity index (χ2v) is 4.12. The van der Waals surface area contributed by atoms with E-state index in [0.717, 1.165) is 6.08 Å². The Hall–Kier alpha value is -0.870. The lowest BCUT2D eigenvalue weighted by molar-refractivity contribution is -0.148. The van der Waals surface area contributed by atoms with Gasteiger partial charge >= 0.3 is 5.97 Å².